The van der Waals surface area contributed by atoms with Gasteiger partial charge in [0.25, 0.3) is 0 Å². The van der Waals surface area contributed by atoms with E-state index in [9.17, 15) is 0 Å². The highest BCUT2D eigenvalue weighted by Gasteiger charge is 0.945. The molecule has 0 aliphatic carbocycles. The largest absolute Gasteiger partial charge is 0.412 e. The molecule has 0 aromatic rings. The second kappa shape index (κ2) is 195. The normalized spacial score (nSPS) is 2.40. The van der Waals surface area contributed by atoms with Gasteiger partial charge in [-0.25, -0.2) is 0 Å². The third kappa shape index (κ3) is 100. The van der Waals surface area contributed by atoms with Gasteiger partial charge in [0.2, 0.25) is 0 Å². The third-order valence-electron chi connectivity index (χ3n) is 0. The van der Waals surface area contributed by atoms with Gasteiger partial charge in [0, 0.05) is 12.8 Å². The van der Waals surface area contributed by atoms with Crippen LogP contribution in [0.25, 0.3) is 0 Å². The van der Waals surface area contributed by atoms with Crippen LogP contribution < -0.4 is 0 Å². The topological polar surface area (TPSA) is 31.5 Å². The fourth-order valence-electron chi connectivity index (χ4n) is 0. The Labute approximate surface area is 42.2 Å². The van der Waals surface area contributed by atoms with Crippen LogP contribution in [0.5, 0.6) is 0 Å². The van der Waals surface area contributed by atoms with E-state index in [1.54, 1.807) is 0 Å². The molecule has 0 aliphatic heterocycles. The van der Waals surface area contributed by atoms with Crippen LogP contribution in [0.3, 0.4) is 0 Å². The molecule has 0 rings (SSSR count). The lowest BCUT2D eigenvalue weighted by Gasteiger charge is -1.06. The van der Waals surface area contributed by atoms with Crippen LogP contribution in [-0.2, 0) is 0 Å². The molecule has 0 saturated heterocycles. The van der Waals surface area contributed by atoms with E-state index in [-0.39, 0.29) is 5.48 Å². The number of alkyl halides is 2. The Kier molecular flexibility index (Phi) is 691. The molecule has 3 heteroatoms. The molecule has 0 atom stereocenters. The molecule has 1 nitrogen and oxygen atoms in total. The highest BCUT2D eigenvalue weighted by Crippen LogP contribution is 1.34. The summed E-state index contributed by atoms with van der Waals surface area (Å²) in [5, 5.41) is 0. The van der Waals surface area contributed by atoms with E-state index in [0.29, 0.717) is 0 Å². The standard InChI is InChI=1S/2CH3Cl.H2O/c2*1-2;/h2*1H3;1H2. The van der Waals surface area contributed by atoms with Crippen LogP contribution in [0.4, 0.5) is 0 Å². The van der Waals surface area contributed by atoms with E-state index in [2.05, 4.69) is 23.2 Å². The van der Waals surface area contributed by atoms with E-state index in [1.165, 1.54) is 12.8 Å². The van der Waals surface area contributed by atoms with E-state index < -0.39 is 0 Å². The summed E-state index contributed by atoms with van der Waals surface area (Å²) >= 11 is 9.28. The minimum Gasteiger partial charge on any atom is -0.412 e. The summed E-state index contributed by atoms with van der Waals surface area (Å²) in [5.74, 6) is 0. The van der Waals surface area contributed by atoms with Crippen molar-refractivity contribution in [2.24, 2.45) is 0 Å². The van der Waals surface area contributed by atoms with Crippen LogP contribution in [0.15, 0.2) is 0 Å². The number of rotatable bonds is 0. The molecule has 5 heavy (non-hydrogen) atoms. The SMILES string of the molecule is CCl.CCl.O. The lowest BCUT2D eigenvalue weighted by Crippen LogP contribution is -0.852. The first-order valence-corrected chi connectivity index (χ1v) is 2.27. The lowest BCUT2D eigenvalue weighted by atomic mass is 12.0. The van der Waals surface area contributed by atoms with Crippen molar-refractivity contribution in [3.05, 3.63) is 0 Å². The molecule has 36 valence electrons. The summed E-state index contributed by atoms with van der Waals surface area (Å²) in [6.45, 7) is 0. The minimum atomic E-state index is 0. The fourth-order valence-corrected chi connectivity index (χ4v) is 0. The molecule has 0 spiro atoms. The molecule has 0 amide bonds. The minimum absolute atomic E-state index is 0. The molecule has 0 unspecified atom stereocenters. The molecule has 2 N–H and O–H groups in total. The smallest absolute Gasteiger partial charge is 0.0108 e. The Morgan fingerprint density at radius 2 is 0.800 bits per heavy atom. The zero-order valence-electron chi connectivity index (χ0n) is 3.26. The lowest BCUT2D eigenvalue weighted by molar-refractivity contribution is 0.824. The van der Waals surface area contributed by atoms with Gasteiger partial charge < -0.3 is 5.48 Å². The van der Waals surface area contributed by atoms with Crippen LogP contribution in [0.2, 0.25) is 0 Å². The average molecular weight is 119 g/mol. The molecule has 0 aliphatic rings. The average Bonchev–Trinajstić information content (AvgIpc) is 1.50. The predicted octanol–water partition coefficient (Wildman–Crippen LogP) is 0.885. The van der Waals surface area contributed by atoms with Gasteiger partial charge in [-0.2, -0.15) is 0 Å². The van der Waals surface area contributed by atoms with Crippen molar-refractivity contribution in [1.82, 2.24) is 0 Å². The first-order valence-electron chi connectivity index (χ1n) is 0.756. The number of hydrogen-bond acceptors (Lipinski definition) is 0. The van der Waals surface area contributed by atoms with Crippen molar-refractivity contribution in [2.75, 3.05) is 12.8 Å². The van der Waals surface area contributed by atoms with Gasteiger partial charge in [0.05, 0.1) is 0 Å². The Bertz CT molecular complexity index is 7.61. The fraction of sp³-hybridized carbons (Fsp3) is 1.00. The van der Waals surface area contributed by atoms with Crippen LogP contribution in [0, 0.1) is 0 Å². The van der Waals surface area contributed by atoms with Gasteiger partial charge in [-0.05, 0) is 0 Å². The molecule has 0 radical (unpaired) electrons. The van der Waals surface area contributed by atoms with E-state index in [4.69, 9.17) is 0 Å². The maximum Gasteiger partial charge on any atom is 0.0108 e. The third-order valence-corrected chi connectivity index (χ3v) is 0. The molecular formula is C2H8Cl2O. The van der Waals surface area contributed by atoms with Gasteiger partial charge in [0.15, 0.2) is 0 Å². The summed E-state index contributed by atoms with van der Waals surface area (Å²) in [4.78, 5) is 0. The summed E-state index contributed by atoms with van der Waals surface area (Å²) in [6, 6.07) is 0. The molecule has 0 aromatic carbocycles. The van der Waals surface area contributed by atoms with Crippen LogP contribution in [-0.4, -0.2) is 18.2 Å². The predicted molar refractivity (Wildman–Crippen MR) is 27.2 cm³/mol. The second-order valence-corrected chi connectivity index (χ2v) is 0. The van der Waals surface area contributed by atoms with Crippen molar-refractivity contribution >= 4 is 23.2 Å². The number of hydrogen-bond donors (Lipinski definition) is 0. The molecule has 0 bridgehead atoms. The quantitative estimate of drug-likeness (QED) is 0.424. The van der Waals surface area contributed by atoms with Gasteiger partial charge in [-0.1, -0.05) is 0 Å². The summed E-state index contributed by atoms with van der Waals surface area (Å²) < 4.78 is 0. The number of halogens is 2. The maximum atomic E-state index is 4.64. The molecule has 0 fully saturated rings. The zero-order chi connectivity index (χ0) is 4.00. The Morgan fingerprint density at radius 3 is 0.800 bits per heavy atom. The monoisotopic (exact) mass is 118 g/mol. The van der Waals surface area contributed by atoms with E-state index in [1.807, 2.05) is 0 Å². The highest BCUT2D eigenvalue weighted by atomic mass is 35.5. The van der Waals surface area contributed by atoms with Gasteiger partial charge in [-0.15, -0.1) is 23.2 Å². The van der Waals surface area contributed by atoms with Gasteiger partial charge in [-0.3, -0.25) is 0 Å². The van der Waals surface area contributed by atoms with Crippen molar-refractivity contribution in [2.45, 2.75) is 0 Å². The van der Waals surface area contributed by atoms with E-state index >= 15 is 0 Å². The maximum absolute atomic E-state index is 4.64. The first kappa shape index (κ1) is 17.7. The van der Waals surface area contributed by atoms with Gasteiger partial charge >= 0.3 is 0 Å². The zero-order valence-corrected chi connectivity index (χ0v) is 4.77. The second-order valence-electron chi connectivity index (χ2n) is 0. The molecule has 0 aromatic heterocycles. The first-order chi connectivity index (χ1) is 2.00. The van der Waals surface area contributed by atoms with Crippen molar-refractivity contribution in [3.63, 3.8) is 0 Å². The summed E-state index contributed by atoms with van der Waals surface area (Å²) in [6.07, 6.45) is 2.94. The van der Waals surface area contributed by atoms with E-state index in [0.717, 1.165) is 0 Å². The highest BCUT2D eigenvalue weighted by molar-refractivity contribution is 6.15. The molecular weight excluding hydrogens is 111 g/mol. The molecule has 0 saturated carbocycles. The van der Waals surface area contributed by atoms with Crippen molar-refractivity contribution in [3.8, 4) is 0 Å². The van der Waals surface area contributed by atoms with Crippen LogP contribution in [0.1, 0.15) is 0 Å². The summed E-state index contributed by atoms with van der Waals surface area (Å²) in [5.41, 5.74) is 0. The Balaban J connectivity index is -0.0000000133. The van der Waals surface area contributed by atoms with Crippen molar-refractivity contribution in [1.29, 1.82) is 0 Å². The van der Waals surface area contributed by atoms with Gasteiger partial charge in [0.1, 0.15) is 0 Å². The van der Waals surface area contributed by atoms with Crippen molar-refractivity contribution < 1.29 is 5.48 Å². The van der Waals surface area contributed by atoms with Crippen LogP contribution >= 0.6 is 23.2 Å². The Morgan fingerprint density at radius 1 is 0.800 bits per heavy atom. The summed E-state index contributed by atoms with van der Waals surface area (Å²) in [7, 11) is 0. The molecule has 0 heterocycles. The Hall–Kier alpha value is 0.540.